The minimum Gasteiger partial charge on any atom is -0.462 e. The van der Waals surface area contributed by atoms with Crippen LogP contribution in [0.1, 0.15) is 220 Å². The molecule has 346 valence electrons. The average Bonchev–Trinajstić information content (AvgIpc) is 3.24. The third-order valence-corrected chi connectivity index (χ3v) is 10.2. The molecule has 0 saturated carbocycles. The molecular formula is C51H89NO8. The van der Waals surface area contributed by atoms with Gasteiger partial charge < -0.3 is 24.3 Å². The number of hydrogen-bond donors (Lipinski definition) is 1. The Hall–Kier alpha value is -3.36. The number of allylic oxidation sites excluding steroid dienone is 8. The first kappa shape index (κ1) is 56.6. The van der Waals surface area contributed by atoms with Crippen molar-refractivity contribution in [2.24, 2.45) is 0 Å². The number of alkyl carbamates (subject to hydrolysis) is 1. The molecule has 0 aromatic heterocycles. The van der Waals surface area contributed by atoms with Crippen LogP contribution >= 0.6 is 0 Å². The fourth-order valence-corrected chi connectivity index (χ4v) is 6.43. The van der Waals surface area contributed by atoms with Gasteiger partial charge in [-0.25, -0.2) is 4.79 Å². The summed E-state index contributed by atoms with van der Waals surface area (Å²) in [7, 11) is 0. The first-order chi connectivity index (χ1) is 29.4. The van der Waals surface area contributed by atoms with Crippen molar-refractivity contribution in [3.8, 4) is 0 Å². The van der Waals surface area contributed by atoms with Crippen LogP contribution in [0.25, 0.3) is 0 Å². The Morgan fingerprint density at radius 2 is 0.850 bits per heavy atom. The van der Waals surface area contributed by atoms with E-state index in [0.717, 1.165) is 109 Å². The molecule has 0 radical (unpaired) electrons. The Morgan fingerprint density at radius 1 is 0.417 bits per heavy atom. The molecule has 9 nitrogen and oxygen atoms in total. The van der Waals surface area contributed by atoms with Gasteiger partial charge in [-0.1, -0.05) is 153 Å². The fourth-order valence-electron chi connectivity index (χ4n) is 6.43. The molecule has 0 spiro atoms. The highest BCUT2D eigenvalue weighted by atomic mass is 16.6. The van der Waals surface area contributed by atoms with Crippen LogP contribution in [0, 0.1) is 0 Å². The summed E-state index contributed by atoms with van der Waals surface area (Å²) in [6.07, 6.45) is 44.6. The lowest BCUT2D eigenvalue weighted by Gasteiger charge is -2.20. The monoisotopic (exact) mass is 844 g/mol. The molecule has 0 fully saturated rings. The SMILES string of the molecule is CCCCC/C=C\C/C=C\CCCCCCCC(=O)OCC(COC(=O)CCCCCCC/C=C\C/C=C\CCCCC)OC(=O)CCC(CCCC)OC(=O)NCCC. The Kier molecular flexibility index (Phi) is 42.6. The predicted molar refractivity (Wildman–Crippen MR) is 248 cm³/mol. The Balaban J connectivity index is 4.69. The zero-order chi connectivity index (χ0) is 44.0. The molecule has 0 aliphatic carbocycles. The maximum absolute atomic E-state index is 13.0. The topological polar surface area (TPSA) is 117 Å². The number of rotatable bonds is 42. The van der Waals surface area contributed by atoms with Crippen molar-refractivity contribution in [3.63, 3.8) is 0 Å². The van der Waals surface area contributed by atoms with Crippen molar-refractivity contribution < 1.29 is 38.1 Å². The smallest absolute Gasteiger partial charge is 0.407 e. The van der Waals surface area contributed by atoms with Crippen molar-refractivity contribution in [3.05, 3.63) is 48.6 Å². The highest BCUT2D eigenvalue weighted by Crippen LogP contribution is 2.15. The van der Waals surface area contributed by atoms with Gasteiger partial charge in [-0.3, -0.25) is 14.4 Å². The summed E-state index contributed by atoms with van der Waals surface area (Å²) in [5.41, 5.74) is 0. The van der Waals surface area contributed by atoms with Gasteiger partial charge in [0, 0.05) is 25.8 Å². The van der Waals surface area contributed by atoms with E-state index < -0.39 is 24.3 Å². The Labute approximate surface area is 367 Å². The number of ether oxygens (including phenoxy) is 4. The van der Waals surface area contributed by atoms with Crippen molar-refractivity contribution >= 4 is 24.0 Å². The van der Waals surface area contributed by atoms with Gasteiger partial charge >= 0.3 is 24.0 Å². The molecule has 1 N–H and O–H groups in total. The Morgan fingerprint density at radius 3 is 1.30 bits per heavy atom. The molecule has 0 aromatic carbocycles. The second-order valence-electron chi connectivity index (χ2n) is 16.1. The number of carbonyl (C=O) groups is 4. The zero-order valence-electron chi connectivity index (χ0n) is 38.9. The van der Waals surface area contributed by atoms with Gasteiger partial charge in [0.05, 0.1) is 0 Å². The lowest BCUT2D eigenvalue weighted by Crippen LogP contribution is -2.32. The third kappa shape index (κ3) is 41.4. The number of unbranched alkanes of at least 4 members (excludes halogenated alkanes) is 17. The third-order valence-electron chi connectivity index (χ3n) is 10.2. The second kappa shape index (κ2) is 45.2. The maximum atomic E-state index is 13.0. The first-order valence-corrected chi connectivity index (χ1v) is 24.4. The zero-order valence-corrected chi connectivity index (χ0v) is 38.9. The van der Waals surface area contributed by atoms with Crippen LogP contribution in [-0.4, -0.2) is 56.0 Å². The molecule has 0 saturated heterocycles. The number of esters is 3. The molecular weight excluding hydrogens is 755 g/mol. The number of nitrogens with one attached hydrogen (secondary N) is 1. The molecule has 9 heteroatoms. The molecule has 60 heavy (non-hydrogen) atoms. The number of hydrogen-bond acceptors (Lipinski definition) is 8. The Bertz CT molecular complexity index is 1080. The van der Waals surface area contributed by atoms with Crippen molar-refractivity contribution in [2.75, 3.05) is 19.8 Å². The minimum absolute atomic E-state index is 0.0196. The fraction of sp³-hybridized carbons (Fsp3) is 0.765. The van der Waals surface area contributed by atoms with E-state index in [1.165, 1.54) is 51.4 Å². The van der Waals surface area contributed by atoms with Crippen LogP contribution in [-0.2, 0) is 33.3 Å². The minimum atomic E-state index is -0.914. The van der Waals surface area contributed by atoms with E-state index in [0.29, 0.717) is 19.4 Å². The van der Waals surface area contributed by atoms with Crippen molar-refractivity contribution in [2.45, 2.75) is 233 Å². The van der Waals surface area contributed by atoms with Gasteiger partial charge in [0.1, 0.15) is 19.3 Å². The summed E-state index contributed by atoms with van der Waals surface area (Å²) in [5, 5.41) is 2.72. The molecule has 0 heterocycles. The van der Waals surface area contributed by atoms with Crippen molar-refractivity contribution in [1.29, 1.82) is 0 Å². The molecule has 1 amide bonds. The number of amides is 1. The van der Waals surface area contributed by atoms with Crippen LogP contribution in [0.2, 0.25) is 0 Å². The maximum Gasteiger partial charge on any atom is 0.407 e. The van der Waals surface area contributed by atoms with E-state index in [4.69, 9.17) is 18.9 Å². The summed E-state index contributed by atoms with van der Waals surface area (Å²) in [5.74, 6) is -1.23. The quantitative estimate of drug-likeness (QED) is 0.0279. The van der Waals surface area contributed by atoms with Crippen molar-refractivity contribution in [1.82, 2.24) is 5.32 Å². The molecule has 0 bridgehead atoms. The van der Waals surface area contributed by atoms with E-state index in [1.54, 1.807) is 0 Å². The standard InChI is InChI=1S/C51H89NO8/c1-5-9-12-14-16-18-20-22-24-26-28-30-32-34-36-39-48(53)57-44-47(59-50(55)42-41-46(38-11-7-3)60-51(56)52-43-8-4)45-58-49(54)40-37-35-33-31-29-27-25-23-21-19-17-15-13-10-6-2/h16-19,22-25,46-47H,5-15,20-21,26-45H2,1-4H3,(H,52,56)/b18-16-,19-17-,24-22-,25-23-. The summed E-state index contributed by atoms with van der Waals surface area (Å²) >= 11 is 0. The molecule has 0 aromatic rings. The van der Waals surface area contributed by atoms with E-state index >= 15 is 0 Å². The molecule has 1 unspecified atom stereocenters. The van der Waals surface area contributed by atoms with Gasteiger partial charge in [-0.2, -0.15) is 0 Å². The van der Waals surface area contributed by atoms with Gasteiger partial charge in [0.15, 0.2) is 6.10 Å². The normalized spacial score (nSPS) is 12.3. The van der Waals surface area contributed by atoms with Crippen LogP contribution in [0.4, 0.5) is 4.79 Å². The van der Waals surface area contributed by atoms with Gasteiger partial charge in [0.2, 0.25) is 0 Å². The van der Waals surface area contributed by atoms with E-state index in [-0.39, 0.29) is 44.4 Å². The van der Waals surface area contributed by atoms with Crippen LogP contribution in [0.15, 0.2) is 48.6 Å². The summed E-state index contributed by atoms with van der Waals surface area (Å²) in [6, 6.07) is 0. The lowest BCUT2D eigenvalue weighted by molar-refractivity contribution is -0.167. The second-order valence-corrected chi connectivity index (χ2v) is 16.1. The molecule has 0 aliphatic rings. The van der Waals surface area contributed by atoms with E-state index in [9.17, 15) is 19.2 Å². The van der Waals surface area contributed by atoms with Crippen LogP contribution in [0.3, 0.4) is 0 Å². The highest BCUT2D eigenvalue weighted by Gasteiger charge is 2.22. The predicted octanol–water partition coefficient (Wildman–Crippen LogP) is 14.1. The van der Waals surface area contributed by atoms with Gasteiger partial charge in [-0.05, 0) is 96.3 Å². The molecule has 1 atom stereocenters. The lowest BCUT2D eigenvalue weighted by atomic mass is 10.1. The summed E-state index contributed by atoms with van der Waals surface area (Å²) in [4.78, 5) is 50.4. The largest absolute Gasteiger partial charge is 0.462 e. The van der Waals surface area contributed by atoms with E-state index in [1.807, 2.05) is 6.92 Å². The van der Waals surface area contributed by atoms with Gasteiger partial charge in [0.25, 0.3) is 0 Å². The summed E-state index contributed by atoms with van der Waals surface area (Å²) in [6.45, 7) is 8.63. The van der Waals surface area contributed by atoms with E-state index in [2.05, 4.69) is 74.7 Å². The highest BCUT2D eigenvalue weighted by molar-refractivity contribution is 5.71. The van der Waals surface area contributed by atoms with Gasteiger partial charge in [-0.15, -0.1) is 0 Å². The molecule has 0 rings (SSSR count). The summed E-state index contributed by atoms with van der Waals surface area (Å²) < 4.78 is 22.3. The van der Waals surface area contributed by atoms with Crippen LogP contribution < -0.4 is 5.32 Å². The first-order valence-electron chi connectivity index (χ1n) is 24.4. The molecule has 0 aliphatic heterocycles. The number of carbonyl (C=O) groups excluding carboxylic acids is 4. The van der Waals surface area contributed by atoms with Crippen LogP contribution in [0.5, 0.6) is 0 Å². The average molecular weight is 844 g/mol.